The second kappa shape index (κ2) is 5.65. The molecule has 0 radical (unpaired) electrons. The number of piperidine rings is 1. The van der Waals surface area contributed by atoms with Gasteiger partial charge in [-0.25, -0.2) is 0 Å². The molecule has 3 heterocycles. The van der Waals surface area contributed by atoms with Crippen LogP contribution in [0.5, 0.6) is 0 Å². The van der Waals surface area contributed by atoms with Gasteiger partial charge in [-0.15, -0.1) is 0 Å². The van der Waals surface area contributed by atoms with Crippen molar-refractivity contribution >= 4 is 33.4 Å². The molecule has 1 aliphatic rings. The predicted octanol–water partition coefficient (Wildman–Crippen LogP) is 2.84. The van der Waals surface area contributed by atoms with Gasteiger partial charge >= 0.3 is 0 Å². The average Bonchev–Trinajstić information content (AvgIpc) is 2.95. The number of pyridine rings is 1. The van der Waals surface area contributed by atoms with Gasteiger partial charge in [0.2, 0.25) is 0 Å². The van der Waals surface area contributed by atoms with E-state index >= 15 is 0 Å². The van der Waals surface area contributed by atoms with Crippen molar-refractivity contribution in [2.24, 2.45) is 5.92 Å². The Morgan fingerprint density at radius 2 is 2.30 bits per heavy atom. The minimum atomic E-state index is 0.0339. The minimum Gasteiger partial charge on any atom is -0.316 e. The Morgan fingerprint density at radius 1 is 1.43 bits per heavy atom. The molecular weight excluding hydrogens is 312 g/mol. The number of fused-ring (bicyclic) bond motifs is 3. The van der Waals surface area contributed by atoms with E-state index in [0.717, 1.165) is 49.1 Å². The molecule has 0 unspecified atom stereocenters. The van der Waals surface area contributed by atoms with Crippen LogP contribution in [0.2, 0.25) is 5.02 Å². The summed E-state index contributed by atoms with van der Waals surface area (Å²) < 4.78 is 1.90. The SMILES string of the molecule is Cc1[nH]nc2c1c(=O)n(C[C@H]1CCCNC1)c1ccc(Cl)cc21. The van der Waals surface area contributed by atoms with Gasteiger partial charge in [-0.2, -0.15) is 5.10 Å². The second-order valence-electron chi connectivity index (χ2n) is 6.36. The highest BCUT2D eigenvalue weighted by atomic mass is 35.5. The molecule has 3 aromatic rings. The van der Waals surface area contributed by atoms with Crippen molar-refractivity contribution in [2.75, 3.05) is 13.1 Å². The molecule has 120 valence electrons. The first-order valence-corrected chi connectivity index (χ1v) is 8.40. The van der Waals surface area contributed by atoms with Crippen LogP contribution in [-0.4, -0.2) is 27.9 Å². The molecule has 1 fully saturated rings. The Morgan fingerprint density at radius 3 is 3.09 bits per heavy atom. The minimum absolute atomic E-state index is 0.0339. The van der Waals surface area contributed by atoms with Crippen LogP contribution < -0.4 is 10.9 Å². The van der Waals surface area contributed by atoms with Gasteiger partial charge in [-0.3, -0.25) is 9.89 Å². The van der Waals surface area contributed by atoms with Crippen molar-refractivity contribution < 1.29 is 0 Å². The highest BCUT2D eigenvalue weighted by Crippen LogP contribution is 2.26. The Labute approximate surface area is 138 Å². The van der Waals surface area contributed by atoms with Gasteiger partial charge in [0, 0.05) is 22.6 Å². The van der Waals surface area contributed by atoms with Crippen LogP contribution in [-0.2, 0) is 6.54 Å². The van der Waals surface area contributed by atoms with Crippen LogP contribution in [0.25, 0.3) is 21.8 Å². The number of hydrogen-bond donors (Lipinski definition) is 2. The Kier molecular flexibility index (Phi) is 3.62. The molecule has 4 rings (SSSR count). The normalized spacial score (nSPS) is 18.8. The summed E-state index contributed by atoms with van der Waals surface area (Å²) in [5.74, 6) is 0.477. The standard InChI is InChI=1S/C17H19ClN4O/c1-10-15-16(21-20-10)13-7-12(18)4-5-14(13)22(17(15)23)9-11-3-2-6-19-8-11/h4-5,7,11,19H,2-3,6,8-9H2,1H3,(H,20,21)/t11-/m0/s1. The van der Waals surface area contributed by atoms with Crippen LogP contribution in [0, 0.1) is 12.8 Å². The van der Waals surface area contributed by atoms with Crippen LogP contribution in [0.15, 0.2) is 23.0 Å². The van der Waals surface area contributed by atoms with Gasteiger partial charge in [0.15, 0.2) is 0 Å². The van der Waals surface area contributed by atoms with Gasteiger partial charge in [-0.05, 0) is 57.0 Å². The maximum atomic E-state index is 13.0. The van der Waals surface area contributed by atoms with Gasteiger partial charge < -0.3 is 9.88 Å². The average molecular weight is 331 g/mol. The smallest absolute Gasteiger partial charge is 0.262 e. The molecule has 2 N–H and O–H groups in total. The number of benzene rings is 1. The summed E-state index contributed by atoms with van der Waals surface area (Å²) in [7, 11) is 0. The largest absolute Gasteiger partial charge is 0.316 e. The molecule has 1 aromatic carbocycles. The summed E-state index contributed by atoms with van der Waals surface area (Å²) in [6.07, 6.45) is 2.31. The summed E-state index contributed by atoms with van der Waals surface area (Å²) >= 11 is 6.17. The van der Waals surface area contributed by atoms with Crippen molar-refractivity contribution in [1.82, 2.24) is 20.1 Å². The van der Waals surface area contributed by atoms with Crippen molar-refractivity contribution in [3.05, 3.63) is 39.3 Å². The van der Waals surface area contributed by atoms with E-state index in [2.05, 4.69) is 15.5 Å². The zero-order chi connectivity index (χ0) is 16.0. The summed E-state index contributed by atoms with van der Waals surface area (Å²) in [4.78, 5) is 13.0. The molecule has 0 spiro atoms. The van der Waals surface area contributed by atoms with Crippen LogP contribution in [0.1, 0.15) is 18.5 Å². The lowest BCUT2D eigenvalue weighted by Crippen LogP contribution is -2.35. The zero-order valence-corrected chi connectivity index (χ0v) is 13.8. The molecular formula is C17H19ClN4O. The first kappa shape index (κ1) is 14.7. The number of aromatic amines is 1. The van der Waals surface area contributed by atoms with Crippen molar-refractivity contribution in [1.29, 1.82) is 0 Å². The van der Waals surface area contributed by atoms with Crippen LogP contribution >= 0.6 is 11.6 Å². The fourth-order valence-corrected chi connectivity index (χ4v) is 3.75. The van der Waals surface area contributed by atoms with Gasteiger partial charge in [-0.1, -0.05) is 11.6 Å². The highest BCUT2D eigenvalue weighted by molar-refractivity contribution is 6.31. The van der Waals surface area contributed by atoms with E-state index in [0.29, 0.717) is 21.8 Å². The first-order chi connectivity index (χ1) is 11.1. The van der Waals surface area contributed by atoms with Gasteiger partial charge in [0.1, 0.15) is 5.52 Å². The lowest BCUT2D eigenvalue weighted by Gasteiger charge is -2.24. The molecule has 5 nitrogen and oxygen atoms in total. The Bertz CT molecular complexity index is 937. The quantitative estimate of drug-likeness (QED) is 0.759. The molecule has 23 heavy (non-hydrogen) atoms. The molecule has 1 atom stereocenters. The summed E-state index contributed by atoms with van der Waals surface area (Å²) in [5, 5.41) is 12.9. The van der Waals surface area contributed by atoms with Crippen molar-refractivity contribution in [2.45, 2.75) is 26.3 Å². The van der Waals surface area contributed by atoms with E-state index in [4.69, 9.17) is 11.6 Å². The molecule has 0 saturated carbocycles. The molecule has 0 bridgehead atoms. The third kappa shape index (κ3) is 2.44. The summed E-state index contributed by atoms with van der Waals surface area (Å²) in [5.41, 5.74) is 2.46. The van der Waals surface area contributed by atoms with E-state index in [9.17, 15) is 4.79 Å². The number of aromatic nitrogens is 3. The van der Waals surface area contributed by atoms with E-state index in [-0.39, 0.29) is 5.56 Å². The van der Waals surface area contributed by atoms with Gasteiger partial charge in [0.05, 0.1) is 10.9 Å². The van der Waals surface area contributed by atoms with E-state index in [1.807, 2.05) is 29.7 Å². The fraction of sp³-hybridized carbons (Fsp3) is 0.412. The van der Waals surface area contributed by atoms with E-state index < -0.39 is 0 Å². The van der Waals surface area contributed by atoms with Crippen LogP contribution in [0.4, 0.5) is 0 Å². The number of rotatable bonds is 2. The molecule has 0 amide bonds. The monoisotopic (exact) mass is 330 g/mol. The number of aryl methyl sites for hydroxylation is 1. The fourth-order valence-electron chi connectivity index (χ4n) is 3.58. The molecule has 0 aliphatic carbocycles. The third-order valence-electron chi connectivity index (χ3n) is 4.75. The lowest BCUT2D eigenvalue weighted by atomic mass is 9.99. The maximum absolute atomic E-state index is 13.0. The lowest BCUT2D eigenvalue weighted by molar-refractivity contribution is 0.338. The summed E-state index contributed by atoms with van der Waals surface area (Å²) in [6.45, 7) is 4.65. The second-order valence-corrected chi connectivity index (χ2v) is 6.80. The number of H-pyrrole nitrogens is 1. The molecule has 1 aliphatic heterocycles. The number of nitrogens with one attached hydrogen (secondary N) is 2. The topological polar surface area (TPSA) is 62.7 Å². The Hall–Kier alpha value is -1.85. The van der Waals surface area contributed by atoms with Crippen molar-refractivity contribution in [3.63, 3.8) is 0 Å². The first-order valence-electron chi connectivity index (χ1n) is 8.02. The molecule has 6 heteroatoms. The summed E-state index contributed by atoms with van der Waals surface area (Å²) in [6, 6.07) is 5.66. The van der Waals surface area contributed by atoms with E-state index in [1.165, 1.54) is 0 Å². The number of halogens is 1. The predicted molar refractivity (Wildman–Crippen MR) is 93.2 cm³/mol. The highest BCUT2D eigenvalue weighted by Gasteiger charge is 2.19. The number of nitrogens with zero attached hydrogens (tertiary/aromatic N) is 2. The van der Waals surface area contributed by atoms with Crippen molar-refractivity contribution in [3.8, 4) is 0 Å². The van der Waals surface area contributed by atoms with Crippen LogP contribution in [0.3, 0.4) is 0 Å². The van der Waals surface area contributed by atoms with E-state index in [1.54, 1.807) is 0 Å². The molecule has 1 saturated heterocycles. The third-order valence-corrected chi connectivity index (χ3v) is 4.99. The number of hydrogen-bond acceptors (Lipinski definition) is 3. The Balaban J connectivity index is 1.97. The molecule has 2 aromatic heterocycles. The van der Waals surface area contributed by atoms with Gasteiger partial charge in [0.25, 0.3) is 5.56 Å². The maximum Gasteiger partial charge on any atom is 0.262 e. The zero-order valence-electron chi connectivity index (χ0n) is 13.0.